The maximum atomic E-state index is 11.6. The fourth-order valence-corrected chi connectivity index (χ4v) is 2.42. The molecular formula is C8H9BrN2O3S. The molecule has 5 nitrogen and oxygen atoms in total. The third-order valence-electron chi connectivity index (χ3n) is 1.56. The molecule has 0 heterocycles. The molecule has 1 rings (SSSR count). The third-order valence-corrected chi connectivity index (χ3v) is 3.38. The number of carbonyl (C=O) groups excluding carboxylic acids is 1. The van der Waals surface area contributed by atoms with Crippen LogP contribution in [0.15, 0.2) is 33.6 Å². The first-order valence-electron chi connectivity index (χ1n) is 3.96. The Hall–Kier alpha value is -1.08. The average molecular weight is 293 g/mol. The van der Waals surface area contributed by atoms with Gasteiger partial charge in [0.25, 0.3) is 10.0 Å². The smallest absolute Gasteiger partial charge is 0.328 e. The zero-order chi connectivity index (χ0) is 11.5. The molecule has 0 bridgehead atoms. The number of rotatable bonds is 2. The fourth-order valence-electron chi connectivity index (χ4n) is 0.866. The van der Waals surface area contributed by atoms with E-state index in [4.69, 9.17) is 0 Å². The number of carbonyl (C=O) groups is 1. The molecule has 0 aliphatic heterocycles. The minimum atomic E-state index is -3.79. The molecule has 1 aromatic carbocycles. The lowest BCUT2D eigenvalue weighted by molar-refractivity contribution is 0.248. The van der Waals surface area contributed by atoms with Crippen molar-refractivity contribution in [3.63, 3.8) is 0 Å². The minimum Gasteiger partial charge on any atom is -0.340 e. The van der Waals surface area contributed by atoms with Gasteiger partial charge in [-0.1, -0.05) is 22.0 Å². The van der Waals surface area contributed by atoms with E-state index in [1.165, 1.54) is 19.2 Å². The molecule has 0 fully saturated rings. The van der Waals surface area contributed by atoms with Crippen LogP contribution in [-0.4, -0.2) is 21.5 Å². The van der Waals surface area contributed by atoms with Gasteiger partial charge in [0.15, 0.2) is 0 Å². The number of urea groups is 1. The van der Waals surface area contributed by atoms with Crippen LogP contribution in [0.25, 0.3) is 0 Å². The Morgan fingerprint density at radius 1 is 1.40 bits per heavy atom. The molecule has 2 N–H and O–H groups in total. The van der Waals surface area contributed by atoms with Crippen LogP contribution in [0.1, 0.15) is 0 Å². The van der Waals surface area contributed by atoms with Crippen molar-refractivity contribution in [3.8, 4) is 0 Å². The molecule has 0 radical (unpaired) electrons. The summed E-state index contributed by atoms with van der Waals surface area (Å²) in [4.78, 5) is 10.9. The Morgan fingerprint density at radius 2 is 2.07 bits per heavy atom. The Labute approximate surface area is 96.1 Å². The number of amides is 2. The van der Waals surface area contributed by atoms with E-state index in [1.54, 1.807) is 12.1 Å². The summed E-state index contributed by atoms with van der Waals surface area (Å²) in [5.74, 6) is 0. The van der Waals surface area contributed by atoms with Gasteiger partial charge >= 0.3 is 6.03 Å². The Kier molecular flexibility index (Phi) is 3.70. The molecule has 1 aromatic rings. The van der Waals surface area contributed by atoms with E-state index >= 15 is 0 Å². The molecule has 0 saturated carbocycles. The summed E-state index contributed by atoms with van der Waals surface area (Å²) in [5.41, 5.74) is 0. The highest BCUT2D eigenvalue weighted by Gasteiger charge is 2.16. The Bertz CT molecular complexity index is 473. The van der Waals surface area contributed by atoms with Gasteiger partial charge in [0, 0.05) is 11.5 Å². The first-order valence-corrected chi connectivity index (χ1v) is 6.23. The van der Waals surface area contributed by atoms with E-state index < -0.39 is 16.1 Å². The number of hydrogen-bond donors (Lipinski definition) is 2. The molecule has 0 spiro atoms. The molecule has 15 heavy (non-hydrogen) atoms. The lowest BCUT2D eigenvalue weighted by atomic mass is 10.4. The van der Waals surface area contributed by atoms with Crippen molar-refractivity contribution in [1.29, 1.82) is 0 Å². The van der Waals surface area contributed by atoms with Crippen molar-refractivity contribution < 1.29 is 13.2 Å². The summed E-state index contributed by atoms with van der Waals surface area (Å²) in [6, 6.07) is 5.30. The second-order valence-electron chi connectivity index (χ2n) is 2.64. The van der Waals surface area contributed by atoms with Crippen LogP contribution in [0.4, 0.5) is 4.79 Å². The zero-order valence-corrected chi connectivity index (χ0v) is 10.2. The molecule has 0 saturated heterocycles. The minimum absolute atomic E-state index is 0.0282. The van der Waals surface area contributed by atoms with E-state index in [0.717, 1.165) is 0 Å². The average Bonchev–Trinajstić information content (AvgIpc) is 2.17. The standard InChI is InChI=1S/C8H9BrN2O3S/c1-10-8(12)11-15(13,14)7-4-2-3-6(9)5-7/h2-5H,1H3,(H2,10,11,12). The summed E-state index contributed by atoms with van der Waals surface area (Å²) >= 11 is 3.15. The molecule has 0 unspecified atom stereocenters. The highest BCUT2D eigenvalue weighted by Crippen LogP contribution is 2.15. The fraction of sp³-hybridized carbons (Fsp3) is 0.125. The van der Waals surface area contributed by atoms with Gasteiger partial charge in [-0.15, -0.1) is 0 Å². The first-order chi connectivity index (χ1) is 6.95. The maximum absolute atomic E-state index is 11.6. The third kappa shape index (κ3) is 3.21. The highest BCUT2D eigenvalue weighted by atomic mass is 79.9. The number of nitrogens with one attached hydrogen (secondary N) is 2. The van der Waals surface area contributed by atoms with Crippen LogP contribution >= 0.6 is 15.9 Å². The van der Waals surface area contributed by atoms with Crippen LogP contribution in [0.3, 0.4) is 0 Å². The normalized spacial score (nSPS) is 10.8. The quantitative estimate of drug-likeness (QED) is 0.856. The van der Waals surface area contributed by atoms with Crippen LogP contribution in [-0.2, 0) is 10.0 Å². The summed E-state index contributed by atoms with van der Waals surface area (Å²) < 4.78 is 25.6. The van der Waals surface area contributed by atoms with Crippen molar-refractivity contribution in [3.05, 3.63) is 28.7 Å². The second kappa shape index (κ2) is 4.63. The summed E-state index contributed by atoms with van der Waals surface area (Å²) in [5, 5.41) is 2.16. The summed E-state index contributed by atoms with van der Waals surface area (Å²) in [6.07, 6.45) is 0. The lowest BCUT2D eigenvalue weighted by Gasteiger charge is -2.05. The van der Waals surface area contributed by atoms with Crippen molar-refractivity contribution >= 4 is 32.0 Å². The van der Waals surface area contributed by atoms with Gasteiger partial charge in [0.05, 0.1) is 4.90 Å². The van der Waals surface area contributed by atoms with Crippen molar-refractivity contribution in [1.82, 2.24) is 10.0 Å². The molecule has 82 valence electrons. The number of halogens is 1. The number of benzene rings is 1. The SMILES string of the molecule is CNC(=O)NS(=O)(=O)c1cccc(Br)c1. The van der Waals surface area contributed by atoms with Crippen LogP contribution in [0.2, 0.25) is 0 Å². The molecule has 2 amide bonds. The van der Waals surface area contributed by atoms with E-state index in [9.17, 15) is 13.2 Å². The van der Waals surface area contributed by atoms with Crippen LogP contribution in [0, 0.1) is 0 Å². The molecule has 0 aromatic heterocycles. The predicted octanol–water partition coefficient (Wildman–Crippen LogP) is 1.07. The van der Waals surface area contributed by atoms with E-state index in [-0.39, 0.29) is 4.90 Å². The Morgan fingerprint density at radius 3 is 2.60 bits per heavy atom. The van der Waals surface area contributed by atoms with Crippen LogP contribution in [0.5, 0.6) is 0 Å². The van der Waals surface area contributed by atoms with E-state index in [1.807, 2.05) is 4.72 Å². The maximum Gasteiger partial charge on any atom is 0.328 e. The first kappa shape index (κ1) is 12.0. The predicted molar refractivity (Wildman–Crippen MR) is 58.9 cm³/mol. The molecule has 7 heteroatoms. The monoisotopic (exact) mass is 292 g/mol. The van der Waals surface area contributed by atoms with Crippen molar-refractivity contribution in [2.75, 3.05) is 7.05 Å². The lowest BCUT2D eigenvalue weighted by Crippen LogP contribution is -2.37. The number of sulfonamides is 1. The molecule has 0 atom stereocenters. The van der Waals surface area contributed by atoms with Gasteiger partial charge in [-0.3, -0.25) is 0 Å². The molecular weight excluding hydrogens is 284 g/mol. The van der Waals surface area contributed by atoms with Gasteiger partial charge < -0.3 is 5.32 Å². The molecule has 0 aliphatic rings. The largest absolute Gasteiger partial charge is 0.340 e. The van der Waals surface area contributed by atoms with E-state index in [0.29, 0.717) is 4.47 Å². The van der Waals surface area contributed by atoms with E-state index in [2.05, 4.69) is 21.2 Å². The summed E-state index contributed by atoms with van der Waals surface area (Å²) in [7, 11) is -2.45. The highest BCUT2D eigenvalue weighted by molar-refractivity contribution is 9.10. The zero-order valence-electron chi connectivity index (χ0n) is 7.82. The van der Waals surface area contributed by atoms with Gasteiger partial charge in [-0.25, -0.2) is 17.9 Å². The van der Waals surface area contributed by atoms with Gasteiger partial charge in [0.2, 0.25) is 0 Å². The molecule has 0 aliphatic carbocycles. The van der Waals surface area contributed by atoms with Crippen molar-refractivity contribution in [2.45, 2.75) is 4.90 Å². The van der Waals surface area contributed by atoms with Crippen LogP contribution < -0.4 is 10.0 Å². The topological polar surface area (TPSA) is 75.3 Å². The summed E-state index contributed by atoms with van der Waals surface area (Å²) in [6.45, 7) is 0. The van der Waals surface area contributed by atoms with Crippen molar-refractivity contribution in [2.24, 2.45) is 0 Å². The second-order valence-corrected chi connectivity index (χ2v) is 5.24. The number of hydrogen-bond acceptors (Lipinski definition) is 3. The van der Waals surface area contributed by atoms with Gasteiger partial charge in [0.1, 0.15) is 0 Å². The van der Waals surface area contributed by atoms with Gasteiger partial charge in [-0.2, -0.15) is 0 Å². The van der Waals surface area contributed by atoms with Gasteiger partial charge in [-0.05, 0) is 18.2 Å². The Balaban J connectivity index is 3.01.